The maximum absolute atomic E-state index is 9.63. The van der Waals surface area contributed by atoms with E-state index in [-0.39, 0.29) is 5.75 Å². The quantitative estimate of drug-likeness (QED) is 0.615. The molecule has 3 heterocycles. The highest BCUT2D eigenvalue weighted by Gasteiger charge is 2.09. The summed E-state index contributed by atoms with van der Waals surface area (Å²) in [5, 5.41) is 14.3. The van der Waals surface area contributed by atoms with Gasteiger partial charge in [-0.15, -0.1) is 0 Å². The SMILES string of the molecule is Oc1cccc(-c2ccc3ncc(-c4cccnc4)n3n2)c1. The number of fused-ring (bicyclic) bond motifs is 1. The van der Waals surface area contributed by atoms with Crippen LogP contribution in [0.4, 0.5) is 0 Å². The third-order valence-electron chi connectivity index (χ3n) is 3.46. The molecule has 0 unspecified atom stereocenters. The standard InChI is InChI=1S/C17H12N4O/c22-14-5-1-3-12(9-14)15-6-7-17-19-11-16(21(17)20-15)13-4-2-8-18-10-13/h1-11,22H. The number of imidazole rings is 1. The lowest BCUT2D eigenvalue weighted by Crippen LogP contribution is -1.96. The van der Waals surface area contributed by atoms with E-state index in [9.17, 15) is 5.11 Å². The zero-order valence-electron chi connectivity index (χ0n) is 11.6. The van der Waals surface area contributed by atoms with Gasteiger partial charge in [0.05, 0.1) is 17.6 Å². The van der Waals surface area contributed by atoms with Crippen LogP contribution in [-0.2, 0) is 0 Å². The van der Waals surface area contributed by atoms with E-state index in [0.29, 0.717) is 0 Å². The maximum Gasteiger partial charge on any atom is 0.154 e. The van der Waals surface area contributed by atoms with E-state index in [1.807, 2.05) is 30.3 Å². The van der Waals surface area contributed by atoms with Crippen molar-refractivity contribution in [2.75, 3.05) is 0 Å². The number of hydrogen-bond donors (Lipinski definition) is 1. The Morgan fingerprint density at radius 3 is 2.64 bits per heavy atom. The molecule has 0 atom stereocenters. The van der Waals surface area contributed by atoms with Gasteiger partial charge in [0.15, 0.2) is 5.65 Å². The fraction of sp³-hybridized carbons (Fsp3) is 0. The van der Waals surface area contributed by atoms with Gasteiger partial charge >= 0.3 is 0 Å². The molecule has 0 aliphatic carbocycles. The largest absolute Gasteiger partial charge is 0.508 e. The van der Waals surface area contributed by atoms with E-state index in [4.69, 9.17) is 0 Å². The Hall–Kier alpha value is -3.21. The molecule has 4 rings (SSSR count). The third kappa shape index (κ3) is 2.09. The molecule has 1 N–H and O–H groups in total. The van der Waals surface area contributed by atoms with E-state index in [0.717, 1.165) is 28.2 Å². The Morgan fingerprint density at radius 2 is 1.82 bits per heavy atom. The Morgan fingerprint density at radius 1 is 0.909 bits per heavy atom. The fourth-order valence-electron chi connectivity index (χ4n) is 2.40. The number of aromatic hydroxyl groups is 1. The van der Waals surface area contributed by atoms with Crippen LogP contribution in [0.25, 0.3) is 28.2 Å². The van der Waals surface area contributed by atoms with Crippen molar-refractivity contribution in [1.29, 1.82) is 0 Å². The van der Waals surface area contributed by atoms with Crippen molar-refractivity contribution >= 4 is 5.65 Å². The molecule has 0 radical (unpaired) electrons. The smallest absolute Gasteiger partial charge is 0.154 e. The zero-order valence-corrected chi connectivity index (χ0v) is 11.6. The third-order valence-corrected chi connectivity index (χ3v) is 3.46. The average molecular weight is 288 g/mol. The van der Waals surface area contributed by atoms with Crippen molar-refractivity contribution in [3.8, 4) is 28.3 Å². The number of pyridine rings is 1. The van der Waals surface area contributed by atoms with Gasteiger partial charge in [-0.05, 0) is 36.4 Å². The molecular weight excluding hydrogens is 276 g/mol. The first-order valence-corrected chi connectivity index (χ1v) is 6.86. The summed E-state index contributed by atoms with van der Waals surface area (Å²) in [5.74, 6) is 0.220. The topological polar surface area (TPSA) is 63.3 Å². The Balaban J connectivity index is 1.90. The highest BCUT2D eigenvalue weighted by atomic mass is 16.3. The molecule has 4 aromatic rings. The molecule has 0 amide bonds. The van der Waals surface area contributed by atoms with Crippen LogP contribution in [0.15, 0.2) is 67.1 Å². The number of aromatic nitrogens is 4. The molecule has 0 bridgehead atoms. The molecule has 106 valence electrons. The summed E-state index contributed by atoms with van der Waals surface area (Å²) in [7, 11) is 0. The van der Waals surface area contributed by atoms with Gasteiger partial charge in [-0.1, -0.05) is 12.1 Å². The normalized spacial score (nSPS) is 10.9. The van der Waals surface area contributed by atoms with Crippen LogP contribution >= 0.6 is 0 Å². The van der Waals surface area contributed by atoms with Crippen molar-refractivity contribution in [3.63, 3.8) is 0 Å². The van der Waals surface area contributed by atoms with Gasteiger partial charge in [0, 0.05) is 23.5 Å². The lowest BCUT2D eigenvalue weighted by atomic mass is 10.1. The van der Waals surface area contributed by atoms with E-state index >= 15 is 0 Å². The van der Waals surface area contributed by atoms with Crippen molar-refractivity contribution in [1.82, 2.24) is 19.6 Å². The number of benzene rings is 1. The molecule has 3 aromatic heterocycles. The first-order valence-electron chi connectivity index (χ1n) is 6.86. The number of hydrogen-bond acceptors (Lipinski definition) is 4. The second kappa shape index (κ2) is 4.96. The number of phenols is 1. The fourth-order valence-corrected chi connectivity index (χ4v) is 2.40. The summed E-state index contributed by atoms with van der Waals surface area (Å²) in [6, 6.07) is 14.7. The van der Waals surface area contributed by atoms with E-state index in [1.165, 1.54) is 0 Å². The van der Waals surface area contributed by atoms with Gasteiger partial charge in [0.25, 0.3) is 0 Å². The van der Waals surface area contributed by atoms with Crippen LogP contribution in [0.5, 0.6) is 5.75 Å². The molecule has 22 heavy (non-hydrogen) atoms. The number of nitrogens with zero attached hydrogens (tertiary/aromatic N) is 4. The van der Waals surface area contributed by atoms with Gasteiger partial charge in [0.1, 0.15) is 5.75 Å². The highest BCUT2D eigenvalue weighted by molar-refractivity contribution is 5.66. The Bertz CT molecular complexity index is 947. The second-order valence-corrected chi connectivity index (χ2v) is 4.92. The van der Waals surface area contributed by atoms with E-state index < -0.39 is 0 Å². The molecule has 0 spiro atoms. The van der Waals surface area contributed by atoms with Crippen molar-refractivity contribution in [3.05, 3.63) is 67.1 Å². The van der Waals surface area contributed by atoms with Gasteiger partial charge in [0.2, 0.25) is 0 Å². The lowest BCUT2D eigenvalue weighted by Gasteiger charge is -2.05. The summed E-state index contributed by atoms with van der Waals surface area (Å²) in [4.78, 5) is 8.51. The van der Waals surface area contributed by atoms with Crippen LogP contribution in [0.3, 0.4) is 0 Å². The summed E-state index contributed by atoms with van der Waals surface area (Å²) in [6.07, 6.45) is 5.30. The molecule has 0 aliphatic heterocycles. The van der Waals surface area contributed by atoms with Crippen molar-refractivity contribution in [2.45, 2.75) is 0 Å². The van der Waals surface area contributed by atoms with Crippen LogP contribution in [0.1, 0.15) is 0 Å². The Kier molecular flexibility index (Phi) is 2.83. The van der Waals surface area contributed by atoms with E-state index in [1.54, 1.807) is 41.3 Å². The maximum atomic E-state index is 9.63. The second-order valence-electron chi connectivity index (χ2n) is 4.92. The summed E-state index contributed by atoms with van der Waals surface area (Å²) in [6.45, 7) is 0. The number of phenolic OH excluding ortho intramolecular Hbond substituents is 1. The van der Waals surface area contributed by atoms with Crippen LogP contribution < -0.4 is 0 Å². The first-order chi connectivity index (χ1) is 10.8. The average Bonchev–Trinajstić information content (AvgIpc) is 2.99. The predicted molar refractivity (Wildman–Crippen MR) is 83.3 cm³/mol. The van der Waals surface area contributed by atoms with Gasteiger partial charge in [-0.2, -0.15) is 5.10 Å². The molecule has 5 nitrogen and oxygen atoms in total. The van der Waals surface area contributed by atoms with Crippen LogP contribution in [-0.4, -0.2) is 24.7 Å². The van der Waals surface area contributed by atoms with Crippen LogP contribution in [0.2, 0.25) is 0 Å². The minimum absolute atomic E-state index is 0.220. The van der Waals surface area contributed by atoms with Crippen LogP contribution in [0, 0.1) is 0 Å². The Labute approximate surface area is 126 Å². The molecule has 1 aromatic carbocycles. The predicted octanol–water partition coefficient (Wildman–Crippen LogP) is 3.16. The summed E-state index contributed by atoms with van der Waals surface area (Å²) < 4.78 is 1.79. The first kappa shape index (κ1) is 12.5. The number of rotatable bonds is 2. The van der Waals surface area contributed by atoms with Gasteiger partial charge in [-0.3, -0.25) is 4.98 Å². The lowest BCUT2D eigenvalue weighted by molar-refractivity contribution is 0.475. The molecular formula is C17H12N4O. The molecule has 5 heteroatoms. The molecule has 0 saturated carbocycles. The van der Waals surface area contributed by atoms with Gasteiger partial charge < -0.3 is 5.11 Å². The molecule has 0 fully saturated rings. The zero-order chi connectivity index (χ0) is 14.9. The monoisotopic (exact) mass is 288 g/mol. The summed E-state index contributed by atoms with van der Waals surface area (Å²) in [5.41, 5.74) is 4.22. The van der Waals surface area contributed by atoms with E-state index in [2.05, 4.69) is 15.1 Å². The molecule has 0 aliphatic rings. The van der Waals surface area contributed by atoms with Gasteiger partial charge in [-0.25, -0.2) is 9.50 Å². The van der Waals surface area contributed by atoms with Crippen molar-refractivity contribution in [2.24, 2.45) is 0 Å². The summed E-state index contributed by atoms with van der Waals surface area (Å²) >= 11 is 0. The minimum Gasteiger partial charge on any atom is -0.508 e. The highest BCUT2D eigenvalue weighted by Crippen LogP contribution is 2.24. The molecule has 0 saturated heterocycles. The van der Waals surface area contributed by atoms with Crippen molar-refractivity contribution < 1.29 is 5.11 Å². The minimum atomic E-state index is 0.220.